The minimum atomic E-state index is -0.173. The van der Waals surface area contributed by atoms with Gasteiger partial charge < -0.3 is 4.74 Å². The number of carbonyl (C=O) groups is 1. The number of pyridine rings is 1. The highest BCUT2D eigenvalue weighted by Crippen LogP contribution is 2.31. The SMILES string of the molecule is COc1ccc(-c2ccc(CN(C(=O)CC(C)(C)C)c3nccc4c(C#N)cccc34)cc2)cc1C. The summed E-state index contributed by atoms with van der Waals surface area (Å²) in [6.07, 6.45) is 2.05. The highest BCUT2D eigenvalue weighted by atomic mass is 16.5. The molecule has 0 aliphatic rings. The number of nitrogens with zero attached hydrogens (tertiary/aromatic N) is 3. The van der Waals surface area contributed by atoms with Gasteiger partial charge >= 0.3 is 0 Å². The first-order chi connectivity index (χ1) is 17.2. The van der Waals surface area contributed by atoms with E-state index in [4.69, 9.17) is 4.74 Å². The van der Waals surface area contributed by atoms with E-state index in [1.807, 2.05) is 37.3 Å². The molecule has 0 spiro atoms. The maximum atomic E-state index is 13.6. The van der Waals surface area contributed by atoms with Crippen LogP contribution in [0.2, 0.25) is 0 Å². The zero-order valence-electron chi connectivity index (χ0n) is 21.5. The normalized spacial score (nSPS) is 11.2. The third-order valence-electron chi connectivity index (χ3n) is 6.17. The molecule has 4 rings (SSSR count). The summed E-state index contributed by atoms with van der Waals surface area (Å²) in [6.45, 7) is 8.58. The van der Waals surface area contributed by atoms with E-state index in [-0.39, 0.29) is 11.3 Å². The van der Waals surface area contributed by atoms with E-state index in [0.29, 0.717) is 24.3 Å². The number of rotatable bonds is 6. The van der Waals surface area contributed by atoms with Crippen molar-refractivity contribution in [3.8, 4) is 22.9 Å². The summed E-state index contributed by atoms with van der Waals surface area (Å²) in [7, 11) is 1.68. The van der Waals surface area contributed by atoms with Crippen molar-refractivity contribution in [2.75, 3.05) is 12.0 Å². The summed E-state index contributed by atoms with van der Waals surface area (Å²) in [5.74, 6) is 1.44. The Morgan fingerprint density at radius 1 is 1.00 bits per heavy atom. The van der Waals surface area contributed by atoms with Crippen LogP contribution in [-0.2, 0) is 11.3 Å². The van der Waals surface area contributed by atoms with Gasteiger partial charge in [-0.3, -0.25) is 9.69 Å². The molecule has 3 aromatic carbocycles. The lowest BCUT2D eigenvalue weighted by Gasteiger charge is -2.27. The molecule has 182 valence electrons. The summed E-state index contributed by atoms with van der Waals surface area (Å²) in [5, 5.41) is 11.2. The molecule has 0 bridgehead atoms. The van der Waals surface area contributed by atoms with Crippen molar-refractivity contribution in [1.82, 2.24) is 4.98 Å². The molecule has 0 atom stereocenters. The van der Waals surface area contributed by atoms with Gasteiger partial charge in [0.15, 0.2) is 0 Å². The first kappa shape index (κ1) is 24.9. The summed E-state index contributed by atoms with van der Waals surface area (Å²) in [5.41, 5.74) is 4.68. The number of carbonyl (C=O) groups excluding carboxylic acids is 1. The minimum Gasteiger partial charge on any atom is -0.496 e. The van der Waals surface area contributed by atoms with Crippen LogP contribution in [0, 0.1) is 23.7 Å². The van der Waals surface area contributed by atoms with Crippen LogP contribution in [0.25, 0.3) is 21.9 Å². The fourth-order valence-electron chi connectivity index (χ4n) is 4.38. The number of amides is 1. The molecule has 0 aliphatic carbocycles. The second-order valence-corrected chi connectivity index (χ2v) is 10.2. The number of hydrogen-bond acceptors (Lipinski definition) is 4. The highest BCUT2D eigenvalue weighted by Gasteiger charge is 2.25. The monoisotopic (exact) mass is 477 g/mol. The Kier molecular flexibility index (Phi) is 7.07. The van der Waals surface area contributed by atoms with Crippen LogP contribution in [-0.4, -0.2) is 18.0 Å². The Labute approximate surface area is 213 Å². The highest BCUT2D eigenvalue weighted by molar-refractivity contribution is 6.03. The van der Waals surface area contributed by atoms with Gasteiger partial charge in [0.2, 0.25) is 5.91 Å². The van der Waals surface area contributed by atoms with Crippen LogP contribution in [0.15, 0.2) is 72.9 Å². The standard InChI is InChI=1S/C31H31N3O2/c1-21-17-24(13-14-28(21)36-5)23-11-9-22(10-12-23)20-34(29(35)18-31(2,3)4)30-27-8-6-7-25(19-32)26(27)15-16-33-30/h6-17H,18,20H2,1-5H3. The van der Waals surface area contributed by atoms with Crippen molar-refractivity contribution in [3.63, 3.8) is 0 Å². The Balaban J connectivity index is 1.71. The van der Waals surface area contributed by atoms with Gasteiger partial charge in [0.05, 0.1) is 25.3 Å². The van der Waals surface area contributed by atoms with Gasteiger partial charge in [-0.2, -0.15) is 5.26 Å². The van der Waals surface area contributed by atoms with Gasteiger partial charge in [0, 0.05) is 23.4 Å². The minimum absolute atomic E-state index is 0.000263. The molecule has 1 amide bonds. The molecule has 1 heterocycles. The zero-order valence-corrected chi connectivity index (χ0v) is 21.5. The second-order valence-electron chi connectivity index (χ2n) is 10.2. The van der Waals surface area contributed by atoms with Crippen LogP contribution in [0.5, 0.6) is 5.75 Å². The van der Waals surface area contributed by atoms with Crippen LogP contribution in [0.4, 0.5) is 5.82 Å². The average molecular weight is 478 g/mol. The lowest BCUT2D eigenvalue weighted by atomic mass is 9.91. The van der Waals surface area contributed by atoms with Crippen molar-refractivity contribution >= 4 is 22.5 Å². The molecular weight excluding hydrogens is 446 g/mol. The molecule has 0 saturated carbocycles. The van der Waals surface area contributed by atoms with Gasteiger partial charge in [-0.05, 0) is 58.9 Å². The molecule has 0 N–H and O–H groups in total. The number of anilines is 1. The molecule has 0 radical (unpaired) electrons. The van der Waals surface area contributed by atoms with E-state index in [1.165, 1.54) is 0 Å². The number of nitriles is 1. The molecule has 0 unspecified atom stereocenters. The van der Waals surface area contributed by atoms with Gasteiger partial charge in [-0.1, -0.05) is 63.2 Å². The molecule has 1 aromatic heterocycles. The fraction of sp³-hybridized carbons (Fsp3) is 0.258. The number of ether oxygens (including phenoxy) is 1. The van der Waals surface area contributed by atoms with Crippen molar-refractivity contribution in [1.29, 1.82) is 5.26 Å². The largest absolute Gasteiger partial charge is 0.496 e. The van der Waals surface area contributed by atoms with E-state index >= 15 is 0 Å². The molecule has 0 fully saturated rings. The van der Waals surface area contributed by atoms with E-state index in [9.17, 15) is 10.1 Å². The van der Waals surface area contributed by atoms with Crippen molar-refractivity contribution in [3.05, 3.63) is 89.6 Å². The number of aryl methyl sites for hydroxylation is 1. The van der Waals surface area contributed by atoms with Crippen LogP contribution < -0.4 is 9.64 Å². The van der Waals surface area contributed by atoms with Crippen LogP contribution in [0.1, 0.15) is 43.9 Å². The Bertz CT molecular complexity index is 1440. The molecule has 36 heavy (non-hydrogen) atoms. The maximum absolute atomic E-state index is 13.6. The average Bonchev–Trinajstić information content (AvgIpc) is 2.86. The van der Waals surface area contributed by atoms with Crippen LogP contribution in [0.3, 0.4) is 0 Å². The smallest absolute Gasteiger partial charge is 0.229 e. The summed E-state index contributed by atoms with van der Waals surface area (Å²) < 4.78 is 5.38. The predicted molar refractivity (Wildman–Crippen MR) is 145 cm³/mol. The quantitative estimate of drug-likeness (QED) is 0.298. The molecule has 4 aromatic rings. The molecule has 0 saturated heterocycles. The van der Waals surface area contributed by atoms with Crippen molar-refractivity contribution in [2.24, 2.45) is 5.41 Å². The second kappa shape index (κ2) is 10.2. The third kappa shape index (κ3) is 5.39. The number of hydrogen-bond donors (Lipinski definition) is 0. The van der Waals surface area contributed by atoms with Crippen molar-refractivity contribution in [2.45, 2.75) is 40.7 Å². The van der Waals surface area contributed by atoms with E-state index in [2.05, 4.69) is 62.2 Å². The topological polar surface area (TPSA) is 66.2 Å². The molecular formula is C31H31N3O2. The van der Waals surface area contributed by atoms with Gasteiger partial charge in [-0.25, -0.2) is 4.98 Å². The Hall–Kier alpha value is -4.17. The number of benzene rings is 3. The molecule has 0 aliphatic heterocycles. The number of aromatic nitrogens is 1. The van der Waals surface area contributed by atoms with Gasteiger partial charge in [0.1, 0.15) is 11.6 Å². The number of methoxy groups -OCH3 is 1. The van der Waals surface area contributed by atoms with Crippen LogP contribution >= 0.6 is 0 Å². The summed E-state index contributed by atoms with van der Waals surface area (Å²) >= 11 is 0. The lowest BCUT2D eigenvalue weighted by molar-refractivity contribution is -0.120. The zero-order chi connectivity index (χ0) is 25.9. The summed E-state index contributed by atoms with van der Waals surface area (Å²) in [4.78, 5) is 19.9. The lowest BCUT2D eigenvalue weighted by Crippen LogP contribution is -2.34. The fourth-order valence-corrected chi connectivity index (χ4v) is 4.38. The first-order valence-electron chi connectivity index (χ1n) is 12.0. The number of fused-ring (bicyclic) bond motifs is 1. The van der Waals surface area contributed by atoms with E-state index in [1.54, 1.807) is 24.3 Å². The van der Waals surface area contributed by atoms with Gasteiger partial charge in [0.25, 0.3) is 0 Å². The Morgan fingerprint density at radius 2 is 1.72 bits per heavy atom. The van der Waals surface area contributed by atoms with Crippen molar-refractivity contribution < 1.29 is 9.53 Å². The van der Waals surface area contributed by atoms with E-state index in [0.717, 1.165) is 38.8 Å². The summed E-state index contributed by atoms with van der Waals surface area (Å²) in [6, 6.07) is 24.0. The molecule has 5 heteroatoms. The van der Waals surface area contributed by atoms with E-state index < -0.39 is 0 Å². The third-order valence-corrected chi connectivity index (χ3v) is 6.17. The first-order valence-corrected chi connectivity index (χ1v) is 12.0. The molecule has 5 nitrogen and oxygen atoms in total. The maximum Gasteiger partial charge on any atom is 0.229 e. The Morgan fingerprint density at radius 3 is 2.36 bits per heavy atom. The van der Waals surface area contributed by atoms with Gasteiger partial charge in [-0.15, -0.1) is 0 Å². The predicted octanol–water partition coefficient (Wildman–Crippen LogP) is 7.06.